The summed E-state index contributed by atoms with van der Waals surface area (Å²) < 4.78 is 37.3. The van der Waals surface area contributed by atoms with Crippen molar-refractivity contribution in [1.29, 1.82) is 0 Å². The lowest BCUT2D eigenvalue weighted by atomic mass is 10.2. The number of esters is 1. The highest BCUT2D eigenvalue weighted by Crippen LogP contribution is 2.30. The van der Waals surface area contributed by atoms with E-state index >= 15 is 0 Å². The van der Waals surface area contributed by atoms with E-state index in [0.717, 1.165) is 0 Å². The van der Waals surface area contributed by atoms with Crippen molar-refractivity contribution in [3.05, 3.63) is 41.8 Å². The smallest absolute Gasteiger partial charge is 0.329 e. The number of carbonyl (C=O) groups excluding carboxylic acids is 1. The standard InChI is InChI=1S/C16H18N2O5S/c1-11-15(12(2)23-17-11)24(20,21)18-10-6-9-14(18)16(19)22-13-7-4-3-5-8-13/h3-5,7-8,14H,6,9-10H2,1-2H3. The van der Waals surface area contributed by atoms with Crippen LogP contribution in [0.15, 0.2) is 39.8 Å². The van der Waals surface area contributed by atoms with Crippen molar-refractivity contribution >= 4 is 16.0 Å². The quantitative estimate of drug-likeness (QED) is 0.619. The number of carbonyl (C=O) groups is 1. The summed E-state index contributed by atoms with van der Waals surface area (Å²) in [4.78, 5) is 12.5. The highest BCUT2D eigenvalue weighted by atomic mass is 32.2. The molecule has 1 aromatic heterocycles. The molecule has 1 aliphatic heterocycles. The van der Waals surface area contributed by atoms with Gasteiger partial charge in [0.1, 0.15) is 22.4 Å². The van der Waals surface area contributed by atoms with Gasteiger partial charge in [0.05, 0.1) is 0 Å². The predicted octanol–water partition coefficient (Wildman–Crippen LogP) is 2.05. The number of aromatic nitrogens is 1. The summed E-state index contributed by atoms with van der Waals surface area (Å²) in [5.41, 5.74) is 0.287. The van der Waals surface area contributed by atoms with Gasteiger partial charge in [0.25, 0.3) is 0 Å². The molecule has 128 valence electrons. The maximum Gasteiger partial charge on any atom is 0.329 e. The molecule has 1 aromatic carbocycles. The fourth-order valence-corrected chi connectivity index (χ4v) is 4.84. The zero-order valence-electron chi connectivity index (χ0n) is 13.4. The van der Waals surface area contributed by atoms with Crippen LogP contribution in [-0.2, 0) is 14.8 Å². The highest BCUT2D eigenvalue weighted by molar-refractivity contribution is 7.89. The van der Waals surface area contributed by atoms with Crippen molar-refractivity contribution in [2.75, 3.05) is 6.54 Å². The van der Waals surface area contributed by atoms with Gasteiger partial charge in [0, 0.05) is 6.54 Å². The van der Waals surface area contributed by atoms with E-state index in [1.807, 2.05) is 0 Å². The Morgan fingerprint density at radius 1 is 1.29 bits per heavy atom. The van der Waals surface area contributed by atoms with Crippen LogP contribution in [0.3, 0.4) is 0 Å². The summed E-state index contributed by atoms with van der Waals surface area (Å²) in [7, 11) is -3.87. The first-order valence-corrected chi connectivity index (χ1v) is 9.06. The average molecular weight is 350 g/mol. The monoisotopic (exact) mass is 350 g/mol. The largest absolute Gasteiger partial charge is 0.425 e. The Balaban J connectivity index is 1.86. The van der Waals surface area contributed by atoms with Crippen molar-refractivity contribution in [2.45, 2.75) is 37.6 Å². The lowest BCUT2D eigenvalue weighted by Crippen LogP contribution is -2.42. The highest BCUT2D eigenvalue weighted by Gasteiger charge is 2.42. The summed E-state index contributed by atoms with van der Waals surface area (Å²) in [6.45, 7) is 3.37. The van der Waals surface area contributed by atoms with E-state index in [2.05, 4.69) is 5.16 Å². The van der Waals surface area contributed by atoms with Crippen molar-refractivity contribution in [3.63, 3.8) is 0 Å². The molecule has 1 fully saturated rings. The minimum atomic E-state index is -3.87. The second-order valence-corrected chi connectivity index (χ2v) is 7.49. The first kappa shape index (κ1) is 16.7. The molecule has 7 nitrogen and oxygen atoms in total. The van der Waals surface area contributed by atoms with Crippen LogP contribution in [0.4, 0.5) is 0 Å². The predicted molar refractivity (Wildman–Crippen MR) is 85.0 cm³/mol. The van der Waals surface area contributed by atoms with Gasteiger partial charge in [0.15, 0.2) is 5.76 Å². The molecule has 1 saturated heterocycles. The lowest BCUT2D eigenvalue weighted by molar-refractivity contribution is -0.137. The molecular weight excluding hydrogens is 332 g/mol. The lowest BCUT2D eigenvalue weighted by Gasteiger charge is -2.22. The van der Waals surface area contributed by atoms with Crippen molar-refractivity contribution in [1.82, 2.24) is 9.46 Å². The molecule has 2 aromatic rings. The number of nitrogens with zero attached hydrogens (tertiary/aromatic N) is 2. The summed E-state index contributed by atoms with van der Waals surface area (Å²) >= 11 is 0. The van der Waals surface area contributed by atoms with Gasteiger partial charge in [-0.15, -0.1) is 0 Å². The zero-order chi connectivity index (χ0) is 17.3. The van der Waals surface area contributed by atoms with Crippen LogP contribution in [0.2, 0.25) is 0 Å². The molecule has 0 N–H and O–H groups in total. The number of benzene rings is 1. The van der Waals surface area contributed by atoms with E-state index < -0.39 is 22.0 Å². The molecule has 1 atom stereocenters. The Labute approximate surface area is 140 Å². The number of para-hydroxylation sites is 1. The summed E-state index contributed by atoms with van der Waals surface area (Å²) in [5.74, 6) is 0.0349. The number of hydrogen-bond donors (Lipinski definition) is 0. The maximum absolute atomic E-state index is 12.9. The minimum Gasteiger partial charge on any atom is -0.425 e. The van der Waals surface area contributed by atoms with Crippen LogP contribution in [-0.4, -0.2) is 36.4 Å². The van der Waals surface area contributed by atoms with Gasteiger partial charge in [-0.05, 0) is 38.8 Å². The summed E-state index contributed by atoms with van der Waals surface area (Å²) in [5, 5.41) is 3.69. The molecule has 2 heterocycles. The van der Waals surface area contributed by atoms with Crippen molar-refractivity contribution in [3.8, 4) is 5.75 Å². The molecule has 24 heavy (non-hydrogen) atoms. The van der Waals surface area contributed by atoms with Crippen LogP contribution < -0.4 is 4.74 Å². The first-order chi connectivity index (χ1) is 11.4. The number of ether oxygens (including phenoxy) is 1. The number of rotatable bonds is 4. The summed E-state index contributed by atoms with van der Waals surface area (Å²) in [6.07, 6.45) is 1.02. The second kappa shape index (κ2) is 6.37. The van der Waals surface area contributed by atoms with Gasteiger partial charge >= 0.3 is 5.97 Å². The van der Waals surface area contributed by atoms with Gasteiger partial charge in [-0.2, -0.15) is 4.31 Å². The van der Waals surface area contributed by atoms with E-state index in [-0.39, 0.29) is 22.9 Å². The topological polar surface area (TPSA) is 89.7 Å². The van der Waals surface area contributed by atoms with Crippen LogP contribution in [0.5, 0.6) is 5.75 Å². The minimum absolute atomic E-state index is 0.0295. The Bertz CT molecular complexity index is 825. The van der Waals surface area contributed by atoms with Crippen LogP contribution in [0.25, 0.3) is 0 Å². The van der Waals surface area contributed by atoms with E-state index in [0.29, 0.717) is 18.6 Å². The van der Waals surface area contributed by atoms with Gasteiger partial charge in [0.2, 0.25) is 10.0 Å². The number of hydrogen-bond acceptors (Lipinski definition) is 6. The fraction of sp³-hybridized carbons (Fsp3) is 0.375. The van der Waals surface area contributed by atoms with Crippen molar-refractivity contribution < 1.29 is 22.5 Å². The van der Waals surface area contributed by atoms with Crippen LogP contribution in [0, 0.1) is 13.8 Å². The molecule has 1 unspecified atom stereocenters. The second-order valence-electron chi connectivity index (χ2n) is 5.66. The Morgan fingerprint density at radius 3 is 2.62 bits per heavy atom. The normalized spacial score (nSPS) is 18.7. The Hall–Kier alpha value is -2.19. The van der Waals surface area contributed by atoms with E-state index in [9.17, 15) is 13.2 Å². The van der Waals surface area contributed by atoms with E-state index in [1.165, 1.54) is 4.31 Å². The van der Waals surface area contributed by atoms with Crippen LogP contribution >= 0.6 is 0 Å². The third-order valence-corrected chi connectivity index (χ3v) is 6.13. The van der Waals surface area contributed by atoms with E-state index in [4.69, 9.17) is 9.26 Å². The van der Waals surface area contributed by atoms with Crippen molar-refractivity contribution in [2.24, 2.45) is 0 Å². The maximum atomic E-state index is 12.9. The number of sulfonamides is 1. The van der Waals surface area contributed by atoms with Gasteiger partial charge in [-0.25, -0.2) is 13.2 Å². The Morgan fingerprint density at radius 2 is 2.00 bits per heavy atom. The fourth-order valence-electron chi connectivity index (χ4n) is 2.90. The molecule has 0 spiro atoms. The van der Waals surface area contributed by atoms with Gasteiger partial charge in [-0.3, -0.25) is 0 Å². The molecule has 1 aliphatic rings. The first-order valence-electron chi connectivity index (χ1n) is 7.62. The molecule has 0 amide bonds. The van der Waals surface area contributed by atoms with Gasteiger partial charge in [-0.1, -0.05) is 23.4 Å². The van der Waals surface area contributed by atoms with E-state index in [1.54, 1.807) is 44.2 Å². The number of aryl methyl sites for hydroxylation is 2. The molecule has 0 aliphatic carbocycles. The molecule has 0 radical (unpaired) electrons. The SMILES string of the molecule is Cc1noc(C)c1S(=O)(=O)N1CCCC1C(=O)Oc1ccccc1. The average Bonchev–Trinajstić information content (AvgIpc) is 3.16. The molecule has 3 rings (SSSR count). The Kier molecular flexibility index (Phi) is 4.42. The molecule has 8 heteroatoms. The molecular formula is C16H18N2O5S. The molecule has 0 bridgehead atoms. The van der Waals surface area contributed by atoms with Gasteiger partial charge < -0.3 is 9.26 Å². The zero-order valence-corrected chi connectivity index (χ0v) is 14.2. The molecule has 0 saturated carbocycles. The third-order valence-electron chi connectivity index (χ3n) is 3.97. The summed E-state index contributed by atoms with van der Waals surface area (Å²) in [6, 6.07) is 7.76. The van der Waals surface area contributed by atoms with Crippen LogP contribution in [0.1, 0.15) is 24.3 Å². The third kappa shape index (κ3) is 2.94.